The van der Waals surface area contributed by atoms with E-state index >= 15 is 0 Å². The average molecular weight is 260 g/mol. The van der Waals surface area contributed by atoms with Crippen molar-refractivity contribution in [3.05, 3.63) is 35.4 Å². The molecule has 0 aliphatic rings. The molecule has 1 aromatic carbocycles. The van der Waals surface area contributed by atoms with Crippen LogP contribution in [0, 0.1) is 11.3 Å². The van der Waals surface area contributed by atoms with Crippen molar-refractivity contribution in [3.63, 3.8) is 0 Å². The van der Waals surface area contributed by atoms with Gasteiger partial charge >= 0.3 is 0 Å². The van der Waals surface area contributed by atoms with Crippen LogP contribution in [0.15, 0.2) is 24.3 Å². The average Bonchev–Trinajstić information content (AvgIpc) is 2.43. The first-order valence-corrected chi connectivity index (χ1v) is 6.34. The van der Waals surface area contributed by atoms with Crippen LogP contribution in [0.2, 0.25) is 0 Å². The number of benzene rings is 1. The minimum absolute atomic E-state index is 0.0642. The molecule has 0 amide bonds. The van der Waals surface area contributed by atoms with Crippen molar-refractivity contribution in [1.29, 1.82) is 5.26 Å². The number of carbonyl (C=O) groups excluding carboxylic acids is 1. The Balaban J connectivity index is 2.67. The van der Waals surface area contributed by atoms with Gasteiger partial charge in [0.2, 0.25) is 0 Å². The van der Waals surface area contributed by atoms with E-state index in [1.165, 1.54) is 0 Å². The lowest BCUT2D eigenvalue weighted by Gasteiger charge is -2.25. The van der Waals surface area contributed by atoms with Gasteiger partial charge in [-0.3, -0.25) is 9.69 Å². The van der Waals surface area contributed by atoms with Crippen LogP contribution in [-0.4, -0.2) is 43.5 Å². The van der Waals surface area contributed by atoms with Gasteiger partial charge in [-0.1, -0.05) is 12.1 Å². The lowest BCUT2D eigenvalue weighted by molar-refractivity contribution is 0.0852. The van der Waals surface area contributed by atoms with E-state index in [1.807, 2.05) is 6.07 Å². The van der Waals surface area contributed by atoms with E-state index in [-0.39, 0.29) is 11.8 Å². The molecule has 102 valence electrons. The van der Waals surface area contributed by atoms with Gasteiger partial charge in [0.05, 0.1) is 24.8 Å². The van der Waals surface area contributed by atoms with Crippen molar-refractivity contribution in [1.82, 2.24) is 4.90 Å². The Hall–Kier alpha value is -1.70. The van der Waals surface area contributed by atoms with Gasteiger partial charge in [0.1, 0.15) is 0 Å². The minimum Gasteiger partial charge on any atom is -0.383 e. The van der Waals surface area contributed by atoms with E-state index in [2.05, 4.69) is 18.7 Å². The second-order valence-corrected chi connectivity index (χ2v) is 4.67. The Kier molecular flexibility index (Phi) is 6.20. The van der Waals surface area contributed by atoms with Crippen LogP contribution < -0.4 is 0 Å². The Morgan fingerprint density at radius 2 is 2.00 bits per heavy atom. The molecule has 0 aliphatic heterocycles. The third-order valence-corrected chi connectivity index (χ3v) is 3.00. The molecule has 1 aromatic rings. The van der Waals surface area contributed by atoms with Crippen LogP contribution >= 0.6 is 0 Å². The highest BCUT2D eigenvalue weighted by Crippen LogP contribution is 2.07. The number of carbonyl (C=O) groups is 1. The van der Waals surface area contributed by atoms with E-state index in [0.29, 0.717) is 24.3 Å². The van der Waals surface area contributed by atoms with E-state index in [1.54, 1.807) is 31.4 Å². The maximum Gasteiger partial charge on any atom is 0.176 e. The number of hydrogen-bond acceptors (Lipinski definition) is 4. The quantitative estimate of drug-likeness (QED) is 0.704. The normalized spacial score (nSPS) is 10.7. The fourth-order valence-electron chi connectivity index (χ4n) is 1.73. The van der Waals surface area contributed by atoms with E-state index in [0.717, 1.165) is 6.54 Å². The number of nitrogens with zero attached hydrogens (tertiary/aromatic N) is 2. The maximum atomic E-state index is 12.2. The van der Waals surface area contributed by atoms with Crippen molar-refractivity contribution in [3.8, 4) is 6.07 Å². The molecular weight excluding hydrogens is 240 g/mol. The maximum absolute atomic E-state index is 12.2. The van der Waals surface area contributed by atoms with Gasteiger partial charge in [0, 0.05) is 25.3 Å². The summed E-state index contributed by atoms with van der Waals surface area (Å²) in [5, 5.41) is 8.73. The van der Waals surface area contributed by atoms with Crippen molar-refractivity contribution in [2.24, 2.45) is 0 Å². The summed E-state index contributed by atoms with van der Waals surface area (Å²) < 4.78 is 5.05. The predicted octanol–water partition coefficient (Wildman–Crippen LogP) is 2.10. The molecule has 0 fully saturated rings. The first kappa shape index (κ1) is 15.4. The standard InChI is InChI=1S/C15H20N2O2/c1-12(2)17(8-9-19-3)11-15(18)14-6-4-13(10-16)5-7-14/h4-7,12H,8-9,11H2,1-3H3. The third kappa shape index (κ3) is 4.82. The summed E-state index contributed by atoms with van der Waals surface area (Å²) in [4.78, 5) is 14.2. The molecule has 0 unspecified atom stereocenters. The molecule has 0 saturated carbocycles. The molecule has 0 aliphatic carbocycles. The molecule has 4 heteroatoms. The lowest BCUT2D eigenvalue weighted by Crippen LogP contribution is -2.38. The number of rotatable bonds is 7. The monoisotopic (exact) mass is 260 g/mol. The summed E-state index contributed by atoms with van der Waals surface area (Å²) in [6.07, 6.45) is 0. The van der Waals surface area contributed by atoms with E-state index in [4.69, 9.17) is 10.00 Å². The third-order valence-electron chi connectivity index (χ3n) is 3.00. The number of ketones is 1. The molecular formula is C15H20N2O2. The summed E-state index contributed by atoms with van der Waals surface area (Å²) in [5.41, 5.74) is 1.21. The van der Waals surface area contributed by atoms with Gasteiger partial charge in [-0.15, -0.1) is 0 Å². The van der Waals surface area contributed by atoms with Gasteiger partial charge in [-0.25, -0.2) is 0 Å². The Morgan fingerprint density at radius 1 is 1.37 bits per heavy atom. The number of nitriles is 1. The summed E-state index contributed by atoms with van der Waals surface area (Å²) in [6.45, 7) is 5.82. The van der Waals surface area contributed by atoms with Crippen LogP contribution in [0.4, 0.5) is 0 Å². The molecule has 0 atom stereocenters. The van der Waals surface area contributed by atoms with E-state index < -0.39 is 0 Å². The summed E-state index contributed by atoms with van der Waals surface area (Å²) in [7, 11) is 1.65. The first-order chi connectivity index (χ1) is 9.08. The fourth-order valence-corrected chi connectivity index (χ4v) is 1.73. The van der Waals surface area contributed by atoms with Gasteiger partial charge in [0.15, 0.2) is 5.78 Å². The lowest BCUT2D eigenvalue weighted by atomic mass is 10.1. The van der Waals surface area contributed by atoms with Crippen LogP contribution in [0.5, 0.6) is 0 Å². The zero-order valence-electron chi connectivity index (χ0n) is 11.7. The number of Topliss-reactive ketones (excluding diaryl/α,β-unsaturated/α-hetero) is 1. The fraction of sp³-hybridized carbons (Fsp3) is 0.467. The molecule has 0 N–H and O–H groups in total. The van der Waals surface area contributed by atoms with Gasteiger partial charge in [-0.2, -0.15) is 5.26 Å². The second-order valence-electron chi connectivity index (χ2n) is 4.67. The largest absolute Gasteiger partial charge is 0.383 e. The highest BCUT2D eigenvalue weighted by molar-refractivity contribution is 5.97. The Labute approximate surface area is 114 Å². The zero-order valence-corrected chi connectivity index (χ0v) is 11.7. The van der Waals surface area contributed by atoms with Crippen molar-refractivity contribution < 1.29 is 9.53 Å². The minimum atomic E-state index is 0.0642. The SMILES string of the molecule is COCCN(CC(=O)c1ccc(C#N)cc1)C(C)C. The molecule has 0 saturated heterocycles. The molecule has 0 spiro atoms. The van der Waals surface area contributed by atoms with Crippen LogP contribution in [-0.2, 0) is 4.74 Å². The van der Waals surface area contributed by atoms with Crippen molar-refractivity contribution >= 4 is 5.78 Å². The molecule has 0 aromatic heterocycles. The molecule has 19 heavy (non-hydrogen) atoms. The van der Waals surface area contributed by atoms with Gasteiger partial charge < -0.3 is 4.74 Å². The Morgan fingerprint density at radius 3 is 2.47 bits per heavy atom. The van der Waals surface area contributed by atoms with Crippen LogP contribution in [0.3, 0.4) is 0 Å². The number of ether oxygens (including phenoxy) is 1. The molecule has 0 bridgehead atoms. The van der Waals surface area contributed by atoms with Crippen LogP contribution in [0.1, 0.15) is 29.8 Å². The number of hydrogen-bond donors (Lipinski definition) is 0. The smallest absolute Gasteiger partial charge is 0.176 e. The highest BCUT2D eigenvalue weighted by Gasteiger charge is 2.15. The molecule has 0 heterocycles. The van der Waals surface area contributed by atoms with Gasteiger partial charge in [0.25, 0.3) is 0 Å². The first-order valence-electron chi connectivity index (χ1n) is 6.34. The van der Waals surface area contributed by atoms with Gasteiger partial charge in [-0.05, 0) is 26.0 Å². The van der Waals surface area contributed by atoms with Crippen molar-refractivity contribution in [2.45, 2.75) is 19.9 Å². The summed E-state index contributed by atoms with van der Waals surface area (Å²) in [5.74, 6) is 0.0642. The van der Waals surface area contributed by atoms with Crippen LogP contribution in [0.25, 0.3) is 0 Å². The second kappa shape index (κ2) is 7.67. The van der Waals surface area contributed by atoms with E-state index in [9.17, 15) is 4.79 Å². The van der Waals surface area contributed by atoms with Crippen molar-refractivity contribution in [2.75, 3.05) is 26.8 Å². The predicted molar refractivity (Wildman–Crippen MR) is 74.1 cm³/mol. The summed E-state index contributed by atoms with van der Waals surface area (Å²) >= 11 is 0. The Bertz CT molecular complexity index is 446. The number of methoxy groups -OCH3 is 1. The zero-order chi connectivity index (χ0) is 14.3. The summed E-state index contributed by atoms with van der Waals surface area (Å²) in [6, 6.07) is 9.08. The topological polar surface area (TPSA) is 53.3 Å². The molecule has 0 radical (unpaired) electrons. The molecule has 1 rings (SSSR count). The molecule has 4 nitrogen and oxygen atoms in total. The highest BCUT2D eigenvalue weighted by atomic mass is 16.5.